The summed E-state index contributed by atoms with van der Waals surface area (Å²) in [5, 5.41) is 9.68. The average Bonchev–Trinajstić information content (AvgIpc) is 1.76. The highest BCUT2D eigenvalue weighted by molar-refractivity contribution is 5.75. The third-order valence-electron chi connectivity index (χ3n) is 1.84. The molecule has 0 atom stereocenters. The fourth-order valence-electron chi connectivity index (χ4n) is 1.48. The average molecular weight is 216 g/mol. The van der Waals surface area contributed by atoms with E-state index in [1.165, 1.54) is 0 Å². The van der Waals surface area contributed by atoms with Crippen LogP contribution in [0.2, 0.25) is 0 Å². The number of rotatable bonds is 3. The molecular formula is C12H24O3. The van der Waals surface area contributed by atoms with Gasteiger partial charge in [0.15, 0.2) is 0 Å². The summed E-state index contributed by atoms with van der Waals surface area (Å²) in [5.41, 5.74) is -1.97. The van der Waals surface area contributed by atoms with Gasteiger partial charge in [0.1, 0.15) is 5.60 Å². The molecule has 0 bridgehead atoms. The van der Waals surface area contributed by atoms with Gasteiger partial charge in [-0.3, -0.25) is 4.79 Å². The van der Waals surface area contributed by atoms with Gasteiger partial charge in [0.25, 0.3) is 0 Å². The minimum Gasteiger partial charge on any atom is -0.459 e. The summed E-state index contributed by atoms with van der Waals surface area (Å²) in [6.07, 6.45) is 0.418. The summed E-state index contributed by atoms with van der Waals surface area (Å²) >= 11 is 0. The topological polar surface area (TPSA) is 46.5 Å². The molecule has 0 saturated carbocycles. The van der Waals surface area contributed by atoms with E-state index in [1.807, 2.05) is 34.6 Å². The first-order chi connectivity index (χ1) is 6.33. The first-order valence-corrected chi connectivity index (χ1v) is 5.29. The van der Waals surface area contributed by atoms with Crippen LogP contribution in [0.5, 0.6) is 0 Å². The van der Waals surface area contributed by atoms with E-state index in [1.54, 1.807) is 13.8 Å². The molecule has 0 aromatic rings. The van der Waals surface area contributed by atoms with Gasteiger partial charge in [-0.15, -0.1) is 0 Å². The van der Waals surface area contributed by atoms with Crippen LogP contribution in [0.4, 0.5) is 0 Å². The molecule has 0 heterocycles. The number of ether oxygens (including phenoxy) is 1. The van der Waals surface area contributed by atoms with E-state index in [-0.39, 0.29) is 5.97 Å². The van der Waals surface area contributed by atoms with Gasteiger partial charge in [-0.05, 0) is 48.5 Å². The lowest BCUT2D eigenvalue weighted by Gasteiger charge is -2.33. The van der Waals surface area contributed by atoms with Crippen LogP contribution < -0.4 is 0 Å². The number of carbonyl (C=O) groups is 1. The van der Waals surface area contributed by atoms with E-state index in [0.717, 1.165) is 0 Å². The molecule has 0 aliphatic rings. The van der Waals surface area contributed by atoms with Gasteiger partial charge in [-0.25, -0.2) is 0 Å². The number of aliphatic hydroxyl groups is 1. The predicted octanol–water partition coefficient (Wildman–Crippen LogP) is 2.52. The highest BCUT2D eigenvalue weighted by Gasteiger charge is 2.34. The molecule has 0 unspecified atom stereocenters. The quantitative estimate of drug-likeness (QED) is 0.737. The van der Waals surface area contributed by atoms with Crippen molar-refractivity contribution in [1.82, 2.24) is 0 Å². The molecular weight excluding hydrogens is 192 g/mol. The first-order valence-electron chi connectivity index (χ1n) is 5.29. The van der Waals surface area contributed by atoms with Crippen molar-refractivity contribution >= 4 is 5.97 Å². The third kappa shape index (κ3) is 6.50. The second-order valence-electron chi connectivity index (χ2n) is 6.39. The van der Waals surface area contributed by atoms with Crippen molar-refractivity contribution in [1.29, 1.82) is 0 Å². The third-order valence-corrected chi connectivity index (χ3v) is 1.84. The minimum atomic E-state index is -0.832. The molecule has 15 heavy (non-hydrogen) atoms. The van der Waals surface area contributed by atoms with Crippen molar-refractivity contribution in [2.24, 2.45) is 5.41 Å². The monoisotopic (exact) mass is 216 g/mol. The summed E-state index contributed by atoms with van der Waals surface area (Å²) in [4.78, 5) is 11.7. The van der Waals surface area contributed by atoms with Crippen LogP contribution >= 0.6 is 0 Å². The molecule has 0 aromatic carbocycles. The van der Waals surface area contributed by atoms with Gasteiger partial charge < -0.3 is 9.84 Å². The lowest BCUT2D eigenvalue weighted by Crippen LogP contribution is -2.39. The Bertz CT molecular complexity index is 228. The molecule has 3 nitrogen and oxygen atoms in total. The molecule has 0 aliphatic carbocycles. The highest BCUT2D eigenvalue weighted by atomic mass is 16.6. The molecule has 0 spiro atoms. The van der Waals surface area contributed by atoms with Crippen LogP contribution in [0.25, 0.3) is 0 Å². The Kier molecular flexibility index (Phi) is 3.97. The van der Waals surface area contributed by atoms with Gasteiger partial charge >= 0.3 is 5.97 Å². The summed E-state index contributed by atoms with van der Waals surface area (Å²) in [6.45, 7) is 12.5. The zero-order valence-corrected chi connectivity index (χ0v) is 11.0. The maximum Gasteiger partial charge on any atom is 0.311 e. The van der Waals surface area contributed by atoms with E-state index >= 15 is 0 Å². The van der Waals surface area contributed by atoms with Crippen LogP contribution in [0.15, 0.2) is 0 Å². The summed E-state index contributed by atoms with van der Waals surface area (Å²) < 4.78 is 5.38. The van der Waals surface area contributed by atoms with Crippen molar-refractivity contribution in [2.45, 2.75) is 66.1 Å². The fourth-order valence-corrected chi connectivity index (χ4v) is 1.48. The predicted molar refractivity (Wildman–Crippen MR) is 60.5 cm³/mol. The van der Waals surface area contributed by atoms with Crippen LogP contribution in [0, 0.1) is 5.41 Å². The van der Waals surface area contributed by atoms with Gasteiger partial charge in [-0.1, -0.05) is 0 Å². The van der Waals surface area contributed by atoms with Gasteiger partial charge in [-0.2, -0.15) is 0 Å². The standard InChI is InChI=1S/C12H24O3/c1-10(2,3)9(13)15-12(6,7)8-11(4,5)14/h14H,8H2,1-7H3. The first kappa shape index (κ1) is 14.4. The molecule has 0 radical (unpaired) electrons. The van der Waals surface area contributed by atoms with E-state index in [4.69, 9.17) is 4.74 Å². The smallest absolute Gasteiger partial charge is 0.311 e. The largest absolute Gasteiger partial charge is 0.459 e. The van der Waals surface area contributed by atoms with Gasteiger partial charge in [0.05, 0.1) is 11.0 Å². The van der Waals surface area contributed by atoms with Crippen LogP contribution in [0.1, 0.15) is 54.9 Å². The van der Waals surface area contributed by atoms with Crippen LogP contribution in [-0.2, 0) is 9.53 Å². The van der Waals surface area contributed by atoms with E-state index in [0.29, 0.717) is 6.42 Å². The molecule has 0 fully saturated rings. The summed E-state index contributed by atoms with van der Waals surface area (Å²) in [5.74, 6) is -0.239. The Labute approximate surface area is 92.8 Å². The van der Waals surface area contributed by atoms with Gasteiger partial charge in [0.2, 0.25) is 0 Å². The van der Waals surface area contributed by atoms with Crippen molar-refractivity contribution in [3.63, 3.8) is 0 Å². The Morgan fingerprint density at radius 1 is 1.07 bits per heavy atom. The lowest BCUT2D eigenvalue weighted by molar-refractivity contribution is -0.170. The van der Waals surface area contributed by atoms with Crippen molar-refractivity contribution in [2.75, 3.05) is 0 Å². The normalized spacial score (nSPS) is 13.9. The van der Waals surface area contributed by atoms with Crippen molar-refractivity contribution in [3.05, 3.63) is 0 Å². The summed E-state index contributed by atoms with van der Waals surface area (Å²) in [7, 11) is 0. The molecule has 0 amide bonds. The molecule has 3 heteroatoms. The van der Waals surface area contributed by atoms with Crippen molar-refractivity contribution in [3.8, 4) is 0 Å². The number of carbonyl (C=O) groups excluding carboxylic acids is 1. The second-order valence-corrected chi connectivity index (χ2v) is 6.39. The van der Waals surface area contributed by atoms with E-state index in [9.17, 15) is 9.90 Å². The Morgan fingerprint density at radius 2 is 1.47 bits per heavy atom. The SMILES string of the molecule is CC(C)(O)CC(C)(C)OC(=O)C(C)(C)C. The second kappa shape index (κ2) is 4.12. The van der Waals surface area contributed by atoms with Gasteiger partial charge in [0, 0.05) is 6.42 Å². The van der Waals surface area contributed by atoms with E-state index < -0.39 is 16.6 Å². The fraction of sp³-hybridized carbons (Fsp3) is 0.917. The molecule has 0 rings (SSSR count). The Hall–Kier alpha value is -0.570. The van der Waals surface area contributed by atoms with Crippen LogP contribution in [0.3, 0.4) is 0 Å². The minimum absolute atomic E-state index is 0.239. The maximum atomic E-state index is 11.7. The highest BCUT2D eigenvalue weighted by Crippen LogP contribution is 2.27. The zero-order valence-electron chi connectivity index (χ0n) is 11.0. The maximum absolute atomic E-state index is 11.7. The summed E-state index contributed by atoms with van der Waals surface area (Å²) in [6, 6.07) is 0. The zero-order chi connectivity index (χ0) is 12.5. The lowest BCUT2D eigenvalue weighted by atomic mass is 9.91. The Balaban J connectivity index is 4.46. The number of hydrogen-bond donors (Lipinski definition) is 1. The Morgan fingerprint density at radius 3 is 1.73 bits per heavy atom. The molecule has 1 N–H and O–H groups in total. The number of esters is 1. The van der Waals surface area contributed by atoms with Crippen LogP contribution in [-0.4, -0.2) is 22.3 Å². The molecule has 0 saturated heterocycles. The van der Waals surface area contributed by atoms with E-state index in [2.05, 4.69) is 0 Å². The van der Waals surface area contributed by atoms with Crippen molar-refractivity contribution < 1.29 is 14.6 Å². The number of hydrogen-bond acceptors (Lipinski definition) is 3. The molecule has 0 aliphatic heterocycles. The molecule has 0 aromatic heterocycles. The molecule has 90 valence electrons.